The highest BCUT2D eigenvalue weighted by atomic mass is 32.2. The third-order valence-electron chi connectivity index (χ3n) is 6.25. The quantitative estimate of drug-likeness (QED) is 0.633. The Morgan fingerprint density at radius 1 is 1.33 bits per heavy atom. The number of carbonyl (C=O) groups excluding carboxylic acids is 1. The van der Waals surface area contributed by atoms with Crippen LogP contribution in [0, 0.1) is 39.2 Å². The number of rotatable bonds is 3. The summed E-state index contributed by atoms with van der Waals surface area (Å²) in [6.07, 6.45) is 1.47. The summed E-state index contributed by atoms with van der Waals surface area (Å²) in [5.74, 6) is -0.403. The van der Waals surface area contributed by atoms with Crippen molar-refractivity contribution in [3.63, 3.8) is 0 Å². The van der Waals surface area contributed by atoms with Crippen LogP contribution in [0.15, 0.2) is 18.2 Å². The Morgan fingerprint density at radius 2 is 2.00 bits per heavy atom. The molecule has 27 heavy (non-hydrogen) atoms. The molecule has 2 aliphatic rings. The predicted molar refractivity (Wildman–Crippen MR) is 102 cm³/mol. The highest BCUT2D eigenvalue weighted by Crippen LogP contribution is 2.65. The maximum atomic E-state index is 13.3. The van der Waals surface area contributed by atoms with E-state index in [0.29, 0.717) is 24.8 Å². The second kappa shape index (κ2) is 7.19. The smallest absolute Gasteiger partial charge is 0.328 e. The molecule has 0 saturated heterocycles. The van der Waals surface area contributed by atoms with Gasteiger partial charge < -0.3 is 9.84 Å². The van der Waals surface area contributed by atoms with Crippen molar-refractivity contribution in [2.75, 3.05) is 6.61 Å². The van der Waals surface area contributed by atoms with Gasteiger partial charge in [-0.1, -0.05) is 19.9 Å². The molecule has 0 amide bonds. The number of esters is 1. The first-order valence-electron chi connectivity index (χ1n) is 9.31. The number of aliphatic hydroxyl groups is 1. The van der Waals surface area contributed by atoms with Crippen molar-refractivity contribution in [2.45, 2.75) is 50.9 Å². The minimum atomic E-state index is -1.18. The average Bonchev–Trinajstić information content (AvgIpc) is 2.89. The monoisotopic (exact) mass is 384 g/mol. The largest absolute Gasteiger partial charge is 0.465 e. The molecule has 1 aromatic rings. The lowest BCUT2D eigenvalue weighted by molar-refractivity contribution is -0.153. The summed E-state index contributed by atoms with van der Waals surface area (Å²) in [5.41, 5.74) is 1.66. The van der Waals surface area contributed by atoms with Crippen molar-refractivity contribution in [1.82, 2.24) is 0 Å². The summed E-state index contributed by atoms with van der Waals surface area (Å²) in [6, 6.07) is 7.54. The third kappa shape index (κ3) is 2.83. The van der Waals surface area contributed by atoms with Crippen LogP contribution in [0.2, 0.25) is 0 Å². The van der Waals surface area contributed by atoms with Gasteiger partial charge in [0.25, 0.3) is 0 Å². The molecule has 1 saturated carbocycles. The summed E-state index contributed by atoms with van der Waals surface area (Å²) in [7, 11) is 0. The summed E-state index contributed by atoms with van der Waals surface area (Å²) in [5, 5.41) is 31.7. The number of ether oxygens (including phenoxy) is 1. The molecule has 0 aliphatic heterocycles. The Kier molecular flexibility index (Phi) is 5.25. The van der Waals surface area contributed by atoms with E-state index in [0.717, 1.165) is 22.9 Å². The lowest BCUT2D eigenvalue weighted by Crippen LogP contribution is -2.53. The summed E-state index contributed by atoms with van der Waals surface area (Å²) >= 11 is 0.947. The normalized spacial score (nSPS) is 34.5. The number of aliphatic hydroxyl groups excluding tert-OH is 1. The van der Waals surface area contributed by atoms with Crippen LogP contribution in [0.5, 0.6) is 0 Å². The molecular formula is C21H24N2O3S. The zero-order chi connectivity index (χ0) is 19.8. The summed E-state index contributed by atoms with van der Waals surface area (Å²) in [6.45, 7) is 5.98. The molecule has 1 aromatic carbocycles. The maximum Gasteiger partial charge on any atom is 0.328 e. The number of nitrogens with zero attached hydrogens (tertiary/aromatic N) is 2. The van der Waals surface area contributed by atoms with Gasteiger partial charge in [-0.25, -0.2) is 0 Å². The van der Waals surface area contributed by atoms with Gasteiger partial charge in [-0.15, -0.1) is 0 Å². The first-order valence-corrected chi connectivity index (χ1v) is 10.1. The molecular weight excluding hydrogens is 360 g/mol. The van der Waals surface area contributed by atoms with E-state index in [9.17, 15) is 20.4 Å². The molecule has 5 atom stereocenters. The number of benzene rings is 1. The number of carbonyl (C=O) groups is 1. The molecule has 6 heteroatoms. The minimum Gasteiger partial charge on any atom is -0.465 e. The molecule has 142 valence electrons. The molecule has 5 nitrogen and oxygen atoms in total. The fraction of sp³-hybridized carbons (Fsp3) is 0.571. The van der Waals surface area contributed by atoms with E-state index < -0.39 is 22.2 Å². The Balaban J connectivity index is 2.26. The van der Waals surface area contributed by atoms with E-state index in [1.165, 1.54) is 0 Å². The van der Waals surface area contributed by atoms with E-state index >= 15 is 0 Å². The Bertz CT molecular complexity index is 829. The first kappa shape index (κ1) is 19.7. The number of hydrogen-bond acceptors (Lipinski definition) is 6. The highest BCUT2D eigenvalue weighted by Gasteiger charge is 2.66. The van der Waals surface area contributed by atoms with E-state index in [-0.39, 0.29) is 18.4 Å². The van der Waals surface area contributed by atoms with Gasteiger partial charge in [-0.05, 0) is 73.0 Å². The van der Waals surface area contributed by atoms with Crippen molar-refractivity contribution in [2.24, 2.45) is 17.3 Å². The zero-order valence-corrected chi connectivity index (χ0v) is 16.7. The second-order valence-corrected chi connectivity index (χ2v) is 8.89. The Labute approximate surface area is 164 Å². The van der Waals surface area contributed by atoms with Crippen molar-refractivity contribution in [3.8, 4) is 11.5 Å². The Hall–Kier alpha value is -2.02. The van der Waals surface area contributed by atoms with Crippen molar-refractivity contribution in [1.29, 1.82) is 10.5 Å². The first-order chi connectivity index (χ1) is 12.8. The third-order valence-corrected chi connectivity index (χ3v) is 7.46. The predicted octanol–water partition coefficient (Wildman–Crippen LogP) is 3.50. The van der Waals surface area contributed by atoms with Gasteiger partial charge in [0, 0.05) is 5.41 Å². The van der Waals surface area contributed by atoms with E-state index in [1.54, 1.807) is 19.1 Å². The number of nitriles is 2. The molecule has 3 rings (SSSR count). The van der Waals surface area contributed by atoms with E-state index in [1.807, 2.05) is 19.9 Å². The van der Waals surface area contributed by atoms with Gasteiger partial charge in [-0.3, -0.25) is 4.79 Å². The van der Waals surface area contributed by atoms with Crippen molar-refractivity contribution in [3.05, 3.63) is 34.9 Å². The lowest BCUT2D eigenvalue weighted by Gasteiger charge is -2.50. The van der Waals surface area contributed by atoms with Gasteiger partial charge in [0.15, 0.2) is 4.75 Å². The standard InChI is InChI=1S/C21H24N2O3S/c1-4-26-19(25)21(27-12-23)17-7-15(11-22)5-6-16(17)10-20(21)8-13(2)18(24)14(3)9-20/h5-7,13-14,18,24H,4,8-10H2,1-3H3/t13-,14+,18+,20+,21-/m1/s1. The van der Waals surface area contributed by atoms with E-state index in [4.69, 9.17) is 4.74 Å². The molecule has 0 aromatic heterocycles. The van der Waals surface area contributed by atoms with Crippen LogP contribution in [-0.2, 0) is 20.7 Å². The van der Waals surface area contributed by atoms with E-state index in [2.05, 4.69) is 11.5 Å². The molecule has 0 radical (unpaired) electrons. The number of thioether (sulfide) groups is 1. The van der Waals surface area contributed by atoms with Gasteiger partial charge in [0.05, 0.1) is 24.3 Å². The van der Waals surface area contributed by atoms with Crippen LogP contribution < -0.4 is 0 Å². The lowest BCUT2D eigenvalue weighted by atomic mass is 9.59. The topological polar surface area (TPSA) is 94.1 Å². The van der Waals surface area contributed by atoms with Gasteiger partial charge in [0.1, 0.15) is 5.40 Å². The van der Waals surface area contributed by atoms with Gasteiger partial charge >= 0.3 is 5.97 Å². The second-order valence-electron chi connectivity index (χ2n) is 7.89. The van der Waals surface area contributed by atoms with Crippen LogP contribution in [0.25, 0.3) is 0 Å². The zero-order valence-electron chi connectivity index (χ0n) is 15.9. The van der Waals surface area contributed by atoms with Crippen LogP contribution in [-0.4, -0.2) is 23.8 Å². The van der Waals surface area contributed by atoms with Gasteiger partial charge in [0.2, 0.25) is 0 Å². The minimum absolute atomic E-state index is 0.00611. The fourth-order valence-electron chi connectivity index (χ4n) is 5.29. The molecule has 0 bridgehead atoms. The summed E-state index contributed by atoms with van der Waals surface area (Å²) < 4.78 is 4.30. The number of fused-ring (bicyclic) bond motifs is 1. The van der Waals surface area contributed by atoms with Crippen molar-refractivity contribution < 1.29 is 14.6 Å². The highest BCUT2D eigenvalue weighted by molar-refractivity contribution is 8.05. The molecule has 1 fully saturated rings. The van der Waals surface area contributed by atoms with Crippen LogP contribution in [0.1, 0.15) is 50.3 Å². The fourth-order valence-corrected chi connectivity index (χ4v) is 6.32. The average molecular weight is 385 g/mol. The maximum absolute atomic E-state index is 13.3. The summed E-state index contributed by atoms with van der Waals surface area (Å²) in [4.78, 5) is 13.3. The van der Waals surface area contributed by atoms with Crippen LogP contribution in [0.3, 0.4) is 0 Å². The number of thiocyanates is 1. The van der Waals surface area contributed by atoms with Crippen molar-refractivity contribution >= 4 is 17.7 Å². The molecule has 1 N–H and O–H groups in total. The SMILES string of the molecule is CCOC(=O)[C@]1(SC#N)c2cc(C#N)ccc2C[C@@]12C[C@@H](C)[C@H](O)[C@@H](C)C2. The molecule has 1 spiro atoms. The van der Waals surface area contributed by atoms with Gasteiger partial charge in [-0.2, -0.15) is 10.5 Å². The Morgan fingerprint density at radius 3 is 2.56 bits per heavy atom. The number of hydrogen-bond donors (Lipinski definition) is 1. The van der Waals surface area contributed by atoms with Crippen LogP contribution in [0.4, 0.5) is 0 Å². The molecule has 0 unspecified atom stereocenters. The van der Waals surface area contributed by atoms with Crippen LogP contribution >= 0.6 is 11.8 Å². The molecule has 2 aliphatic carbocycles. The molecule has 0 heterocycles.